The number of hydrogen-bond donors (Lipinski definition) is 0. The summed E-state index contributed by atoms with van der Waals surface area (Å²) >= 11 is 0. The second-order valence-electron chi connectivity index (χ2n) is 6.65. The number of alkyl halides is 3. The van der Waals surface area contributed by atoms with E-state index in [0.717, 1.165) is 36.7 Å². The van der Waals surface area contributed by atoms with E-state index in [1.54, 1.807) is 29.3 Å². The van der Waals surface area contributed by atoms with Gasteiger partial charge in [0.1, 0.15) is 11.7 Å². The number of halogens is 4. The molecule has 0 fully saturated rings. The fraction of sp³-hybridized carbons (Fsp3) is 0.227. The first kappa shape index (κ1) is 19.9. The lowest BCUT2D eigenvalue weighted by Gasteiger charge is -2.18. The summed E-state index contributed by atoms with van der Waals surface area (Å²) in [6.07, 6.45) is 3.35. The molecule has 6 heteroatoms. The van der Waals surface area contributed by atoms with Gasteiger partial charge in [0, 0.05) is 18.0 Å². The van der Waals surface area contributed by atoms with Crippen LogP contribution in [0.3, 0.4) is 0 Å². The minimum atomic E-state index is -4.58. The quantitative estimate of drug-likeness (QED) is 0.534. The van der Waals surface area contributed by atoms with Gasteiger partial charge in [0.15, 0.2) is 0 Å². The molecule has 0 aliphatic carbocycles. The van der Waals surface area contributed by atoms with E-state index in [-0.39, 0.29) is 5.56 Å². The molecule has 1 heterocycles. The first-order valence-electron chi connectivity index (χ1n) is 8.93. The van der Waals surface area contributed by atoms with Gasteiger partial charge in [-0.3, -0.25) is 0 Å². The molecule has 0 N–H and O–H groups in total. The Bertz CT molecular complexity index is 895. The Labute approximate surface area is 161 Å². The molecule has 0 amide bonds. The average Bonchev–Trinajstić information content (AvgIpc) is 2.87. The molecule has 0 saturated heterocycles. The molecule has 0 bridgehead atoms. The van der Waals surface area contributed by atoms with Gasteiger partial charge in [-0.25, -0.2) is 9.40 Å². The van der Waals surface area contributed by atoms with Crippen LogP contribution in [0.1, 0.15) is 36.8 Å². The van der Waals surface area contributed by atoms with Gasteiger partial charge in [0.25, 0.3) is 0 Å². The van der Waals surface area contributed by atoms with Crippen molar-refractivity contribution >= 4 is 18.0 Å². The van der Waals surface area contributed by atoms with Gasteiger partial charge >= 0.3 is 6.18 Å². The standard InChI is InChI=1S/C22H20F4N2/c1-16-5-4-14-27-28(15-16)18-11-8-17(9-12-18)10-13-20(22(24,25)26)19-6-2-3-7-21(19)23/h2-3,6-15,20H,4-5H2,1H3. The zero-order valence-electron chi connectivity index (χ0n) is 15.3. The number of anilines is 1. The molecule has 1 aliphatic heterocycles. The van der Waals surface area contributed by atoms with Gasteiger partial charge in [-0.15, -0.1) is 0 Å². The monoisotopic (exact) mass is 388 g/mol. The second kappa shape index (κ2) is 8.42. The van der Waals surface area contributed by atoms with E-state index < -0.39 is 17.9 Å². The summed E-state index contributed by atoms with van der Waals surface area (Å²) in [5.74, 6) is -2.87. The predicted molar refractivity (Wildman–Crippen MR) is 105 cm³/mol. The van der Waals surface area contributed by atoms with Crippen LogP contribution in [0.25, 0.3) is 6.08 Å². The summed E-state index contributed by atoms with van der Waals surface area (Å²) in [7, 11) is 0. The Morgan fingerprint density at radius 1 is 1.07 bits per heavy atom. The van der Waals surface area contributed by atoms with Crippen LogP contribution >= 0.6 is 0 Å². The Balaban J connectivity index is 1.82. The van der Waals surface area contributed by atoms with Crippen LogP contribution in [0.15, 0.2) is 71.5 Å². The van der Waals surface area contributed by atoms with Crippen LogP contribution < -0.4 is 5.01 Å². The lowest BCUT2D eigenvalue weighted by molar-refractivity contribution is -0.139. The van der Waals surface area contributed by atoms with Gasteiger partial charge in [-0.05, 0) is 43.5 Å². The van der Waals surface area contributed by atoms with Crippen LogP contribution in [-0.4, -0.2) is 12.4 Å². The molecule has 1 unspecified atom stereocenters. The van der Waals surface area contributed by atoms with E-state index in [4.69, 9.17) is 0 Å². The molecule has 146 valence electrons. The van der Waals surface area contributed by atoms with Crippen LogP contribution in [0.4, 0.5) is 23.2 Å². The predicted octanol–water partition coefficient (Wildman–Crippen LogP) is 6.67. The number of allylic oxidation sites excluding steroid dienone is 2. The van der Waals surface area contributed by atoms with Crippen LogP contribution in [0.2, 0.25) is 0 Å². The summed E-state index contributed by atoms with van der Waals surface area (Å²) in [5, 5.41) is 6.10. The van der Waals surface area contributed by atoms with E-state index in [0.29, 0.717) is 5.56 Å². The summed E-state index contributed by atoms with van der Waals surface area (Å²) in [6.45, 7) is 2.03. The van der Waals surface area contributed by atoms with Crippen molar-refractivity contribution < 1.29 is 17.6 Å². The molecule has 2 aromatic carbocycles. The molecule has 1 aliphatic rings. The minimum absolute atomic E-state index is 0.387. The lowest BCUT2D eigenvalue weighted by atomic mass is 9.96. The summed E-state index contributed by atoms with van der Waals surface area (Å²) in [5.41, 5.74) is 2.21. The van der Waals surface area contributed by atoms with Crippen molar-refractivity contribution in [3.63, 3.8) is 0 Å². The SMILES string of the molecule is CC1=CN(c2ccc(C=CC(c3ccccc3F)C(F)(F)F)cc2)N=CCC1. The Hall–Kier alpha value is -2.89. The molecule has 2 nitrogen and oxygen atoms in total. The van der Waals surface area contributed by atoms with Crippen molar-refractivity contribution in [2.45, 2.75) is 31.9 Å². The normalized spacial score (nSPS) is 16.2. The molecule has 2 aromatic rings. The van der Waals surface area contributed by atoms with Gasteiger partial charge in [-0.2, -0.15) is 18.3 Å². The van der Waals surface area contributed by atoms with Crippen molar-refractivity contribution in [2.75, 3.05) is 5.01 Å². The Kier molecular flexibility index (Phi) is 5.97. The minimum Gasteiger partial charge on any atom is -0.241 e. The molecule has 0 aromatic heterocycles. The van der Waals surface area contributed by atoms with Crippen molar-refractivity contribution in [3.05, 3.63) is 83.3 Å². The fourth-order valence-corrected chi connectivity index (χ4v) is 2.95. The maximum absolute atomic E-state index is 13.9. The summed E-state index contributed by atoms with van der Waals surface area (Å²) in [6, 6.07) is 12.0. The largest absolute Gasteiger partial charge is 0.399 e. The first-order valence-corrected chi connectivity index (χ1v) is 8.93. The van der Waals surface area contributed by atoms with Gasteiger partial charge in [0.2, 0.25) is 0 Å². The number of rotatable bonds is 4. The van der Waals surface area contributed by atoms with Crippen molar-refractivity contribution in [1.82, 2.24) is 0 Å². The number of benzene rings is 2. The van der Waals surface area contributed by atoms with E-state index >= 15 is 0 Å². The molecular weight excluding hydrogens is 368 g/mol. The Morgan fingerprint density at radius 3 is 2.46 bits per heavy atom. The number of hydrogen-bond acceptors (Lipinski definition) is 2. The molecule has 28 heavy (non-hydrogen) atoms. The number of nitrogens with zero attached hydrogens (tertiary/aromatic N) is 2. The zero-order chi connectivity index (χ0) is 20.1. The van der Waals surface area contributed by atoms with Crippen LogP contribution in [0, 0.1) is 5.82 Å². The molecule has 0 radical (unpaired) electrons. The summed E-state index contributed by atoms with van der Waals surface area (Å²) in [4.78, 5) is 0. The lowest BCUT2D eigenvalue weighted by Crippen LogP contribution is -2.20. The van der Waals surface area contributed by atoms with Crippen LogP contribution in [-0.2, 0) is 0 Å². The third-order valence-corrected chi connectivity index (χ3v) is 4.45. The highest BCUT2D eigenvalue weighted by Crippen LogP contribution is 2.37. The molecule has 1 atom stereocenters. The number of hydrazone groups is 1. The van der Waals surface area contributed by atoms with Crippen molar-refractivity contribution in [1.29, 1.82) is 0 Å². The Morgan fingerprint density at radius 2 is 1.79 bits per heavy atom. The highest BCUT2D eigenvalue weighted by Gasteiger charge is 2.40. The third-order valence-electron chi connectivity index (χ3n) is 4.45. The van der Waals surface area contributed by atoms with Crippen molar-refractivity contribution in [2.24, 2.45) is 5.10 Å². The van der Waals surface area contributed by atoms with Gasteiger partial charge in [0.05, 0.1) is 5.69 Å². The average molecular weight is 388 g/mol. The molecule has 0 spiro atoms. The van der Waals surface area contributed by atoms with Crippen molar-refractivity contribution in [3.8, 4) is 0 Å². The van der Waals surface area contributed by atoms with Gasteiger partial charge < -0.3 is 0 Å². The smallest absolute Gasteiger partial charge is 0.241 e. The first-order chi connectivity index (χ1) is 13.3. The molecule has 3 rings (SSSR count). The maximum Gasteiger partial charge on any atom is 0.399 e. The second-order valence-corrected chi connectivity index (χ2v) is 6.65. The van der Waals surface area contributed by atoms with Crippen LogP contribution in [0.5, 0.6) is 0 Å². The summed E-state index contributed by atoms with van der Waals surface area (Å²) < 4.78 is 54.1. The maximum atomic E-state index is 13.9. The third kappa shape index (κ3) is 4.88. The highest BCUT2D eigenvalue weighted by molar-refractivity contribution is 5.64. The topological polar surface area (TPSA) is 15.6 Å². The fourth-order valence-electron chi connectivity index (χ4n) is 2.95. The van der Waals surface area contributed by atoms with E-state index in [2.05, 4.69) is 5.10 Å². The van der Waals surface area contributed by atoms with Gasteiger partial charge in [-0.1, -0.05) is 48.1 Å². The highest BCUT2D eigenvalue weighted by atomic mass is 19.4. The zero-order valence-corrected chi connectivity index (χ0v) is 15.3. The van der Waals surface area contributed by atoms with E-state index in [9.17, 15) is 17.6 Å². The molecule has 0 saturated carbocycles. The van der Waals surface area contributed by atoms with E-state index in [1.807, 2.05) is 19.3 Å². The molecular formula is C22H20F4N2. The van der Waals surface area contributed by atoms with E-state index in [1.165, 1.54) is 23.8 Å².